The maximum Gasteiger partial charge on any atom is 0.122 e. The van der Waals surface area contributed by atoms with Gasteiger partial charge in [0, 0.05) is 19.4 Å². The van der Waals surface area contributed by atoms with Gasteiger partial charge in [-0.3, -0.25) is 5.32 Å². The Kier molecular flexibility index (Phi) is 3.33. The molecule has 0 amide bonds. The monoisotopic (exact) mass is 212 g/mol. The van der Waals surface area contributed by atoms with Crippen LogP contribution in [0.3, 0.4) is 0 Å². The lowest BCUT2D eigenvalue weighted by atomic mass is 9.88. The molecule has 0 radical (unpaired) electrons. The Morgan fingerprint density at radius 2 is 1.67 bits per heavy atom. The van der Waals surface area contributed by atoms with Crippen LogP contribution in [-0.4, -0.2) is 31.0 Å². The normalized spacial score (nSPS) is 29.2. The van der Waals surface area contributed by atoms with E-state index in [-0.39, 0.29) is 11.3 Å². The van der Waals surface area contributed by atoms with Gasteiger partial charge in [0.1, 0.15) is 5.72 Å². The average Bonchev–Trinajstić information content (AvgIpc) is 2.30. The van der Waals surface area contributed by atoms with Gasteiger partial charge in [0.25, 0.3) is 0 Å². The maximum absolute atomic E-state index is 6.45. The summed E-state index contributed by atoms with van der Waals surface area (Å²) in [6, 6.07) is 0. The highest BCUT2D eigenvalue weighted by Crippen LogP contribution is 2.36. The molecule has 3 heteroatoms. The third-order valence-corrected chi connectivity index (χ3v) is 4.14. The predicted octanol–water partition coefficient (Wildman–Crippen LogP) is 1.63. The van der Waals surface area contributed by atoms with E-state index in [9.17, 15) is 0 Å². The molecule has 3 nitrogen and oxygen atoms in total. The molecule has 0 aromatic heterocycles. The summed E-state index contributed by atoms with van der Waals surface area (Å²) >= 11 is 0. The highest BCUT2D eigenvalue weighted by atomic mass is 16.5. The van der Waals surface area contributed by atoms with E-state index in [4.69, 9.17) is 4.74 Å². The van der Waals surface area contributed by atoms with Crippen LogP contribution in [0.25, 0.3) is 0 Å². The lowest BCUT2D eigenvalue weighted by Gasteiger charge is -2.50. The third-order valence-electron chi connectivity index (χ3n) is 4.14. The van der Waals surface area contributed by atoms with E-state index in [1.165, 1.54) is 0 Å². The van der Waals surface area contributed by atoms with Crippen LogP contribution in [0.15, 0.2) is 0 Å². The molecule has 0 aliphatic carbocycles. The number of ether oxygens (including phenoxy) is 1. The van der Waals surface area contributed by atoms with E-state index in [0.717, 1.165) is 51.7 Å². The van der Waals surface area contributed by atoms with Crippen LogP contribution in [0.4, 0.5) is 0 Å². The molecule has 2 rings (SSSR count). The molecule has 0 unspecified atom stereocenters. The van der Waals surface area contributed by atoms with Crippen molar-refractivity contribution in [2.45, 2.75) is 57.3 Å². The zero-order chi connectivity index (χ0) is 10.8. The fourth-order valence-electron chi connectivity index (χ4n) is 2.88. The largest absolute Gasteiger partial charge is 0.354 e. The van der Waals surface area contributed by atoms with Gasteiger partial charge in [0.05, 0.1) is 5.60 Å². The Hall–Kier alpha value is -0.120. The summed E-state index contributed by atoms with van der Waals surface area (Å²) < 4.78 is 6.45. The number of hydrogen-bond donors (Lipinski definition) is 2. The van der Waals surface area contributed by atoms with E-state index in [2.05, 4.69) is 24.5 Å². The summed E-state index contributed by atoms with van der Waals surface area (Å²) in [5.74, 6) is 0. The number of hydrogen-bond acceptors (Lipinski definition) is 3. The standard InChI is InChI=1S/C12H24N2O/c1-3-11(4-2)5-10-14-12(15-11)6-8-13-9-7-12/h13-14H,3-10H2,1-2H3. The second-order valence-electron chi connectivity index (χ2n) is 4.91. The van der Waals surface area contributed by atoms with Crippen molar-refractivity contribution >= 4 is 0 Å². The van der Waals surface area contributed by atoms with E-state index in [1.54, 1.807) is 0 Å². The Bertz CT molecular complexity index is 202. The minimum atomic E-state index is -0.0183. The molecule has 2 saturated heterocycles. The first-order valence-electron chi connectivity index (χ1n) is 6.40. The molecule has 2 heterocycles. The lowest BCUT2D eigenvalue weighted by molar-refractivity contribution is -0.213. The van der Waals surface area contributed by atoms with Gasteiger partial charge in [0.15, 0.2) is 0 Å². The van der Waals surface area contributed by atoms with E-state index >= 15 is 0 Å². The molecule has 0 aromatic rings. The molecular weight excluding hydrogens is 188 g/mol. The smallest absolute Gasteiger partial charge is 0.122 e. The van der Waals surface area contributed by atoms with Gasteiger partial charge in [-0.15, -0.1) is 0 Å². The molecule has 15 heavy (non-hydrogen) atoms. The molecule has 2 N–H and O–H groups in total. The second-order valence-corrected chi connectivity index (χ2v) is 4.91. The van der Waals surface area contributed by atoms with Gasteiger partial charge in [-0.05, 0) is 32.4 Å². The first-order chi connectivity index (χ1) is 7.24. The Morgan fingerprint density at radius 3 is 2.27 bits per heavy atom. The van der Waals surface area contributed by atoms with E-state index in [0.29, 0.717) is 0 Å². The molecule has 88 valence electrons. The highest BCUT2D eigenvalue weighted by Gasteiger charge is 2.43. The van der Waals surface area contributed by atoms with Crippen molar-refractivity contribution in [3.8, 4) is 0 Å². The summed E-state index contributed by atoms with van der Waals surface area (Å²) in [5, 5.41) is 7.00. The van der Waals surface area contributed by atoms with Crippen molar-refractivity contribution in [2.75, 3.05) is 19.6 Å². The summed E-state index contributed by atoms with van der Waals surface area (Å²) in [5.41, 5.74) is 0.123. The van der Waals surface area contributed by atoms with Crippen LogP contribution in [0.5, 0.6) is 0 Å². The van der Waals surface area contributed by atoms with Gasteiger partial charge >= 0.3 is 0 Å². The van der Waals surface area contributed by atoms with E-state index < -0.39 is 0 Å². The van der Waals surface area contributed by atoms with Gasteiger partial charge in [-0.1, -0.05) is 13.8 Å². The van der Waals surface area contributed by atoms with Crippen molar-refractivity contribution in [3.63, 3.8) is 0 Å². The summed E-state index contributed by atoms with van der Waals surface area (Å²) in [6.07, 6.45) is 5.65. The van der Waals surface area contributed by atoms with Crippen molar-refractivity contribution in [2.24, 2.45) is 0 Å². The molecule has 0 bridgehead atoms. The first-order valence-corrected chi connectivity index (χ1v) is 6.40. The molecule has 1 spiro atoms. The predicted molar refractivity (Wildman–Crippen MR) is 61.9 cm³/mol. The fraction of sp³-hybridized carbons (Fsp3) is 1.00. The number of rotatable bonds is 2. The average molecular weight is 212 g/mol. The highest BCUT2D eigenvalue weighted by molar-refractivity contribution is 4.94. The van der Waals surface area contributed by atoms with Gasteiger partial charge in [-0.25, -0.2) is 0 Å². The van der Waals surface area contributed by atoms with Crippen LogP contribution in [0.2, 0.25) is 0 Å². The Labute approximate surface area is 93.0 Å². The topological polar surface area (TPSA) is 33.3 Å². The van der Waals surface area contributed by atoms with E-state index in [1.807, 2.05) is 0 Å². The zero-order valence-electron chi connectivity index (χ0n) is 10.1. The van der Waals surface area contributed by atoms with Crippen LogP contribution in [0.1, 0.15) is 46.0 Å². The molecular formula is C12H24N2O. The van der Waals surface area contributed by atoms with Gasteiger partial charge < -0.3 is 10.1 Å². The second kappa shape index (κ2) is 4.40. The molecule has 0 saturated carbocycles. The molecule has 0 aromatic carbocycles. The Balaban J connectivity index is 2.07. The van der Waals surface area contributed by atoms with Crippen molar-refractivity contribution in [1.82, 2.24) is 10.6 Å². The molecule has 2 aliphatic heterocycles. The number of piperidine rings is 1. The zero-order valence-corrected chi connectivity index (χ0v) is 10.1. The first kappa shape index (κ1) is 11.4. The third kappa shape index (κ3) is 2.19. The summed E-state index contributed by atoms with van der Waals surface area (Å²) in [4.78, 5) is 0. The summed E-state index contributed by atoms with van der Waals surface area (Å²) in [6.45, 7) is 7.78. The quantitative estimate of drug-likeness (QED) is 0.730. The SMILES string of the molecule is CCC1(CC)CCNC2(CCNCC2)O1. The minimum Gasteiger partial charge on any atom is -0.354 e. The van der Waals surface area contributed by atoms with Gasteiger partial charge in [-0.2, -0.15) is 0 Å². The van der Waals surface area contributed by atoms with Crippen molar-refractivity contribution < 1.29 is 4.74 Å². The van der Waals surface area contributed by atoms with Crippen molar-refractivity contribution in [1.29, 1.82) is 0 Å². The Morgan fingerprint density at radius 1 is 1.00 bits per heavy atom. The van der Waals surface area contributed by atoms with Crippen molar-refractivity contribution in [3.05, 3.63) is 0 Å². The molecule has 2 fully saturated rings. The molecule has 0 atom stereocenters. The molecule has 2 aliphatic rings. The van der Waals surface area contributed by atoms with Gasteiger partial charge in [0.2, 0.25) is 0 Å². The van der Waals surface area contributed by atoms with Crippen LogP contribution in [0, 0.1) is 0 Å². The maximum atomic E-state index is 6.45. The van der Waals surface area contributed by atoms with Crippen LogP contribution >= 0.6 is 0 Å². The number of nitrogens with one attached hydrogen (secondary N) is 2. The van der Waals surface area contributed by atoms with Crippen LogP contribution in [-0.2, 0) is 4.74 Å². The fourth-order valence-corrected chi connectivity index (χ4v) is 2.88. The minimum absolute atomic E-state index is 0.0183. The lowest BCUT2D eigenvalue weighted by Crippen LogP contribution is -2.62. The van der Waals surface area contributed by atoms with Crippen LogP contribution < -0.4 is 10.6 Å². The summed E-state index contributed by atoms with van der Waals surface area (Å²) in [7, 11) is 0.